The maximum atomic E-state index is 12.8. The van der Waals surface area contributed by atoms with Gasteiger partial charge in [-0.15, -0.1) is 11.3 Å². The summed E-state index contributed by atoms with van der Waals surface area (Å²) in [5.74, 6) is 0.184. The quantitative estimate of drug-likeness (QED) is 0.436. The molecule has 0 aliphatic heterocycles. The number of fused-ring (bicyclic) bond motifs is 1. The SMILES string of the molecule is CC(C)c1ccc2nc(CC(NC=O)C(=O)NC(CN)Cc3ccccc3)sc2c1. The molecule has 2 unspecified atom stereocenters. The van der Waals surface area contributed by atoms with Crippen LogP contribution in [0.25, 0.3) is 10.2 Å². The maximum absolute atomic E-state index is 12.8. The Bertz CT molecular complexity index is 987. The number of hydrogen-bond donors (Lipinski definition) is 3. The van der Waals surface area contributed by atoms with Crippen molar-refractivity contribution in [2.75, 3.05) is 6.54 Å². The Hall–Kier alpha value is -2.77. The monoisotopic (exact) mass is 424 g/mol. The molecule has 1 heterocycles. The lowest BCUT2D eigenvalue weighted by Crippen LogP contribution is -2.51. The van der Waals surface area contributed by atoms with Gasteiger partial charge in [-0.1, -0.05) is 50.2 Å². The standard InChI is InChI=1S/C23H28N4O2S/c1-15(2)17-8-9-19-21(11-17)30-22(27-19)12-20(25-14-28)23(29)26-18(13-24)10-16-6-4-3-5-7-16/h3-9,11,14-15,18,20H,10,12-13,24H2,1-2H3,(H,25,28)(H,26,29). The first-order valence-corrected chi connectivity index (χ1v) is 10.9. The van der Waals surface area contributed by atoms with E-state index in [1.165, 1.54) is 5.56 Å². The Kier molecular flexibility index (Phi) is 7.54. The second-order valence-electron chi connectivity index (χ2n) is 7.66. The molecule has 0 aliphatic rings. The molecule has 7 heteroatoms. The van der Waals surface area contributed by atoms with Crippen molar-refractivity contribution in [3.63, 3.8) is 0 Å². The molecule has 3 rings (SSSR count). The molecule has 4 N–H and O–H groups in total. The van der Waals surface area contributed by atoms with E-state index in [0.29, 0.717) is 31.7 Å². The predicted octanol–water partition coefficient (Wildman–Crippen LogP) is 2.76. The summed E-state index contributed by atoms with van der Waals surface area (Å²) in [5.41, 5.74) is 9.13. The normalized spacial score (nSPS) is 13.2. The Balaban J connectivity index is 1.70. The first-order valence-electron chi connectivity index (χ1n) is 10.1. The lowest BCUT2D eigenvalue weighted by Gasteiger charge is -2.21. The average molecular weight is 425 g/mol. The zero-order valence-electron chi connectivity index (χ0n) is 17.3. The number of nitrogens with two attached hydrogens (primary N) is 1. The van der Waals surface area contributed by atoms with Gasteiger partial charge >= 0.3 is 0 Å². The molecule has 0 saturated carbocycles. The van der Waals surface area contributed by atoms with Crippen molar-refractivity contribution in [2.45, 2.75) is 44.7 Å². The van der Waals surface area contributed by atoms with E-state index in [1.807, 2.05) is 36.4 Å². The van der Waals surface area contributed by atoms with Gasteiger partial charge in [0.2, 0.25) is 12.3 Å². The third kappa shape index (κ3) is 5.64. The summed E-state index contributed by atoms with van der Waals surface area (Å²) in [5, 5.41) is 6.41. The van der Waals surface area contributed by atoms with E-state index >= 15 is 0 Å². The summed E-state index contributed by atoms with van der Waals surface area (Å²) in [7, 11) is 0. The van der Waals surface area contributed by atoms with Gasteiger partial charge < -0.3 is 16.4 Å². The molecule has 0 aliphatic carbocycles. The van der Waals surface area contributed by atoms with Gasteiger partial charge in [-0.2, -0.15) is 0 Å². The molecule has 0 saturated heterocycles. The summed E-state index contributed by atoms with van der Waals surface area (Å²) >= 11 is 1.56. The highest BCUT2D eigenvalue weighted by Crippen LogP contribution is 2.27. The number of aromatic nitrogens is 1. The fraction of sp³-hybridized carbons (Fsp3) is 0.348. The van der Waals surface area contributed by atoms with Crippen LogP contribution in [0.2, 0.25) is 0 Å². The predicted molar refractivity (Wildman–Crippen MR) is 122 cm³/mol. The molecule has 0 bridgehead atoms. The fourth-order valence-electron chi connectivity index (χ4n) is 3.31. The molecule has 3 aromatic rings. The number of nitrogens with zero attached hydrogens (tertiary/aromatic N) is 1. The third-order valence-corrected chi connectivity index (χ3v) is 6.08. The van der Waals surface area contributed by atoms with Crippen molar-refractivity contribution in [2.24, 2.45) is 5.73 Å². The summed E-state index contributed by atoms with van der Waals surface area (Å²) in [6, 6.07) is 15.2. The van der Waals surface area contributed by atoms with Crippen molar-refractivity contribution in [3.05, 3.63) is 64.7 Å². The number of carbonyl (C=O) groups is 2. The van der Waals surface area contributed by atoms with Crippen LogP contribution in [0.1, 0.15) is 35.9 Å². The molecular weight excluding hydrogens is 396 g/mol. The van der Waals surface area contributed by atoms with E-state index in [1.54, 1.807) is 11.3 Å². The van der Waals surface area contributed by atoms with Crippen molar-refractivity contribution in [1.82, 2.24) is 15.6 Å². The molecule has 6 nitrogen and oxygen atoms in total. The molecule has 2 aromatic carbocycles. The molecule has 158 valence electrons. The zero-order valence-corrected chi connectivity index (χ0v) is 18.1. The first kappa shape index (κ1) is 21.9. The van der Waals surface area contributed by atoms with Gasteiger partial charge in [0, 0.05) is 19.0 Å². The molecule has 0 radical (unpaired) electrons. The zero-order chi connectivity index (χ0) is 21.5. The average Bonchev–Trinajstić information content (AvgIpc) is 3.15. The first-order chi connectivity index (χ1) is 14.5. The van der Waals surface area contributed by atoms with Crippen LogP contribution in [-0.2, 0) is 22.4 Å². The van der Waals surface area contributed by atoms with Gasteiger partial charge in [-0.05, 0) is 35.6 Å². The number of hydrogen-bond acceptors (Lipinski definition) is 5. The van der Waals surface area contributed by atoms with Crippen LogP contribution in [0.4, 0.5) is 0 Å². The van der Waals surface area contributed by atoms with Crippen LogP contribution < -0.4 is 16.4 Å². The number of thiazole rings is 1. The highest BCUT2D eigenvalue weighted by atomic mass is 32.1. The summed E-state index contributed by atoms with van der Waals surface area (Å²) in [4.78, 5) is 28.6. The van der Waals surface area contributed by atoms with E-state index < -0.39 is 6.04 Å². The number of amides is 2. The minimum absolute atomic E-state index is 0.209. The maximum Gasteiger partial charge on any atom is 0.243 e. The van der Waals surface area contributed by atoms with E-state index in [9.17, 15) is 9.59 Å². The van der Waals surface area contributed by atoms with E-state index in [-0.39, 0.29) is 11.9 Å². The van der Waals surface area contributed by atoms with Gasteiger partial charge in [-0.3, -0.25) is 9.59 Å². The summed E-state index contributed by atoms with van der Waals surface area (Å²) < 4.78 is 1.09. The van der Waals surface area contributed by atoms with Crippen molar-refractivity contribution in [3.8, 4) is 0 Å². The van der Waals surface area contributed by atoms with Gasteiger partial charge in [0.15, 0.2) is 0 Å². The van der Waals surface area contributed by atoms with Gasteiger partial charge in [0.1, 0.15) is 6.04 Å². The molecule has 2 atom stereocenters. The lowest BCUT2D eigenvalue weighted by molar-refractivity contribution is -0.125. The summed E-state index contributed by atoms with van der Waals surface area (Å²) in [6.45, 7) is 4.62. The van der Waals surface area contributed by atoms with Gasteiger partial charge in [0.05, 0.1) is 15.2 Å². The van der Waals surface area contributed by atoms with Crippen LogP contribution in [0, 0.1) is 0 Å². The molecule has 1 aromatic heterocycles. The number of rotatable bonds is 10. The second-order valence-corrected chi connectivity index (χ2v) is 8.78. The molecule has 0 fully saturated rings. The van der Waals surface area contributed by atoms with Crippen LogP contribution in [0.3, 0.4) is 0 Å². The van der Waals surface area contributed by atoms with E-state index in [2.05, 4.69) is 41.6 Å². The Morgan fingerprint density at radius 2 is 1.93 bits per heavy atom. The van der Waals surface area contributed by atoms with Crippen molar-refractivity contribution < 1.29 is 9.59 Å². The Labute approximate surface area is 180 Å². The Morgan fingerprint density at radius 3 is 2.60 bits per heavy atom. The van der Waals surface area contributed by atoms with E-state index in [0.717, 1.165) is 20.8 Å². The van der Waals surface area contributed by atoms with Crippen molar-refractivity contribution >= 4 is 33.9 Å². The number of benzene rings is 2. The van der Waals surface area contributed by atoms with Crippen molar-refractivity contribution in [1.29, 1.82) is 0 Å². The molecule has 0 spiro atoms. The molecule has 30 heavy (non-hydrogen) atoms. The smallest absolute Gasteiger partial charge is 0.243 e. The minimum Gasteiger partial charge on any atom is -0.350 e. The topological polar surface area (TPSA) is 97.1 Å². The van der Waals surface area contributed by atoms with Gasteiger partial charge in [-0.25, -0.2) is 4.98 Å². The van der Waals surface area contributed by atoms with Crippen LogP contribution in [0.15, 0.2) is 48.5 Å². The number of carbonyl (C=O) groups excluding carboxylic acids is 2. The fourth-order valence-corrected chi connectivity index (χ4v) is 4.37. The largest absolute Gasteiger partial charge is 0.350 e. The summed E-state index contributed by atoms with van der Waals surface area (Å²) in [6.07, 6.45) is 1.53. The highest BCUT2D eigenvalue weighted by molar-refractivity contribution is 7.18. The van der Waals surface area contributed by atoms with E-state index in [4.69, 9.17) is 5.73 Å². The molecule has 2 amide bonds. The second kappa shape index (κ2) is 10.3. The highest BCUT2D eigenvalue weighted by Gasteiger charge is 2.23. The number of nitrogens with one attached hydrogen (secondary N) is 2. The third-order valence-electron chi connectivity index (χ3n) is 5.04. The van der Waals surface area contributed by atoms with Crippen LogP contribution >= 0.6 is 11.3 Å². The van der Waals surface area contributed by atoms with Crippen LogP contribution in [0.5, 0.6) is 0 Å². The lowest BCUT2D eigenvalue weighted by atomic mass is 10.0. The van der Waals surface area contributed by atoms with Gasteiger partial charge in [0.25, 0.3) is 0 Å². The van der Waals surface area contributed by atoms with Crippen LogP contribution in [-0.4, -0.2) is 35.9 Å². The Morgan fingerprint density at radius 1 is 1.17 bits per heavy atom. The molecular formula is C23H28N4O2S. The minimum atomic E-state index is -0.697.